The lowest BCUT2D eigenvalue weighted by Crippen LogP contribution is -2.57. The smallest absolute Gasteiger partial charge is 0.326 e. The summed E-state index contributed by atoms with van der Waals surface area (Å²) in [5, 5.41) is 23.0. The highest BCUT2D eigenvalue weighted by Crippen LogP contribution is 2.20. The van der Waals surface area contributed by atoms with E-state index in [9.17, 15) is 33.9 Å². The second-order valence-electron chi connectivity index (χ2n) is 8.14. The number of primary amides is 1. The lowest BCUT2D eigenvalue weighted by atomic mass is 10.1. The molecule has 14 heteroatoms. The SMILES string of the molecule is NCCCCC(NC(=O)C(N)CC(=O)O)C(=O)N1CCCC1C(=O)NC(CCC(N)=O)C(=O)O. The topological polar surface area (TPSA) is 248 Å². The summed E-state index contributed by atoms with van der Waals surface area (Å²) >= 11 is 0. The van der Waals surface area contributed by atoms with E-state index >= 15 is 0 Å². The number of aliphatic carboxylic acids is 2. The molecule has 1 aliphatic rings. The minimum atomic E-state index is -1.36. The van der Waals surface area contributed by atoms with Crippen LogP contribution in [0.25, 0.3) is 0 Å². The molecule has 4 unspecified atom stereocenters. The number of nitrogens with one attached hydrogen (secondary N) is 2. The molecule has 4 amide bonds. The Kier molecular flexibility index (Phi) is 11.9. The molecular formula is C20H34N6O8. The van der Waals surface area contributed by atoms with Gasteiger partial charge in [-0.25, -0.2) is 4.79 Å². The molecule has 10 N–H and O–H groups in total. The molecule has 4 atom stereocenters. The van der Waals surface area contributed by atoms with Gasteiger partial charge in [0.15, 0.2) is 0 Å². The van der Waals surface area contributed by atoms with Gasteiger partial charge in [0.1, 0.15) is 18.1 Å². The van der Waals surface area contributed by atoms with Crippen LogP contribution in [0.2, 0.25) is 0 Å². The predicted octanol–water partition coefficient (Wildman–Crippen LogP) is -2.77. The van der Waals surface area contributed by atoms with Crippen LogP contribution in [-0.2, 0) is 28.8 Å². The van der Waals surface area contributed by atoms with E-state index in [1.54, 1.807) is 0 Å². The van der Waals surface area contributed by atoms with Crippen molar-refractivity contribution in [3.05, 3.63) is 0 Å². The second kappa shape index (κ2) is 14.1. The largest absolute Gasteiger partial charge is 0.481 e. The maximum Gasteiger partial charge on any atom is 0.326 e. The first kappa shape index (κ1) is 28.8. The minimum absolute atomic E-state index is 0.197. The van der Waals surface area contributed by atoms with Gasteiger partial charge >= 0.3 is 11.9 Å². The van der Waals surface area contributed by atoms with Crippen LogP contribution in [0.3, 0.4) is 0 Å². The molecular weight excluding hydrogens is 452 g/mol. The molecule has 34 heavy (non-hydrogen) atoms. The lowest BCUT2D eigenvalue weighted by Gasteiger charge is -2.30. The van der Waals surface area contributed by atoms with Gasteiger partial charge in [-0.05, 0) is 45.1 Å². The molecule has 1 fully saturated rings. The summed E-state index contributed by atoms with van der Waals surface area (Å²) < 4.78 is 0. The van der Waals surface area contributed by atoms with E-state index in [1.807, 2.05) is 0 Å². The average molecular weight is 487 g/mol. The van der Waals surface area contributed by atoms with Crippen molar-refractivity contribution in [2.24, 2.45) is 17.2 Å². The maximum absolute atomic E-state index is 13.2. The lowest BCUT2D eigenvalue weighted by molar-refractivity contribution is -0.145. The molecule has 1 heterocycles. The van der Waals surface area contributed by atoms with Crippen LogP contribution in [0.1, 0.15) is 51.4 Å². The monoisotopic (exact) mass is 486 g/mol. The van der Waals surface area contributed by atoms with Crippen LogP contribution >= 0.6 is 0 Å². The van der Waals surface area contributed by atoms with Gasteiger partial charge in [-0.3, -0.25) is 24.0 Å². The van der Waals surface area contributed by atoms with Crippen LogP contribution in [-0.4, -0.2) is 87.9 Å². The molecule has 1 aliphatic heterocycles. The number of unbranched alkanes of at least 4 members (excludes halogenated alkanes) is 1. The highest BCUT2D eigenvalue weighted by atomic mass is 16.4. The molecule has 1 saturated heterocycles. The van der Waals surface area contributed by atoms with E-state index in [4.69, 9.17) is 22.3 Å². The fourth-order valence-electron chi connectivity index (χ4n) is 3.62. The van der Waals surface area contributed by atoms with Crippen LogP contribution in [0, 0.1) is 0 Å². The van der Waals surface area contributed by atoms with Crippen LogP contribution < -0.4 is 27.8 Å². The third-order valence-corrected chi connectivity index (χ3v) is 5.43. The number of carbonyl (C=O) groups is 6. The number of hydrogen-bond donors (Lipinski definition) is 7. The number of hydrogen-bond acceptors (Lipinski definition) is 8. The summed E-state index contributed by atoms with van der Waals surface area (Å²) in [6.07, 6.45) is 0.958. The number of likely N-dealkylation sites (tertiary alicyclic amines) is 1. The fourth-order valence-corrected chi connectivity index (χ4v) is 3.62. The van der Waals surface area contributed by atoms with Crippen molar-refractivity contribution in [1.82, 2.24) is 15.5 Å². The van der Waals surface area contributed by atoms with E-state index in [2.05, 4.69) is 10.6 Å². The van der Waals surface area contributed by atoms with Crippen molar-refractivity contribution in [1.29, 1.82) is 0 Å². The van der Waals surface area contributed by atoms with Crippen molar-refractivity contribution in [3.63, 3.8) is 0 Å². The zero-order valence-corrected chi connectivity index (χ0v) is 18.9. The normalized spacial score (nSPS) is 17.9. The number of carbonyl (C=O) groups excluding carboxylic acids is 4. The van der Waals surface area contributed by atoms with E-state index < -0.39 is 66.2 Å². The quantitative estimate of drug-likeness (QED) is 0.117. The average Bonchev–Trinajstić information content (AvgIpc) is 3.24. The minimum Gasteiger partial charge on any atom is -0.481 e. The standard InChI is InChI=1S/C20H34N6O8/c21-8-2-1-4-12(24-17(30)11(22)10-16(28)29)19(32)26-9-3-5-14(26)18(31)25-13(20(33)34)6-7-15(23)27/h11-14H,1-10,21-22H2,(H2,23,27)(H,24,30)(H,25,31)(H,28,29)(H,33,34). The fraction of sp³-hybridized carbons (Fsp3) is 0.700. The number of amides is 4. The van der Waals surface area contributed by atoms with E-state index in [0.29, 0.717) is 25.8 Å². The number of carboxylic acids is 2. The summed E-state index contributed by atoms with van der Waals surface area (Å²) in [6, 6.07) is -4.74. The van der Waals surface area contributed by atoms with Crippen molar-refractivity contribution in [2.75, 3.05) is 13.1 Å². The van der Waals surface area contributed by atoms with Gasteiger partial charge in [0.05, 0.1) is 12.5 Å². The summed E-state index contributed by atoms with van der Waals surface area (Å²) in [7, 11) is 0. The molecule has 1 rings (SSSR count). The van der Waals surface area contributed by atoms with Gasteiger partial charge in [0.25, 0.3) is 0 Å². The summed E-state index contributed by atoms with van der Waals surface area (Å²) in [4.78, 5) is 72.8. The Labute approximate surface area is 196 Å². The molecule has 0 aliphatic carbocycles. The molecule has 0 spiro atoms. The first-order valence-electron chi connectivity index (χ1n) is 11.1. The van der Waals surface area contributed by atoms with Crippen molar-refractivity contribution in [2.45, 2.75) is 75.5 Å². The van der Waals surface area contributed by atoms with Crippen LogP contribution in [0.4, 0.5) is 0 Å². The van der Waals surface area contributed by atoms with Gasteiger partial charge in [0, 0.05) is 13.0 Å². The first-order chi connectivity index (χ1) is 16.0. The number of nitrogens with zero attached hydrogens (tertiary/aromatic N) is 1. The maximum atomic E-state index is 13.2. The van der Waals surface area contributed by atoms with Crippen LogP contribution in [0.5, 0.6) is 0 Å². The summed E-state index contributed by atoms with van der Waals surface area (Å²) in [5.41, 5.74) is 16.1. The van der Waals surface area contributed by atoms with Gasteiger partial charge in [-0.2, -0.15) is 0 Å². The second-order valence-corrected chi connectivity index (χ2v) is 8.14. The number of carboxylic acid groups (broad SMARTS) is 2. The highest BCUT2D eigenvalue weighted by molar-refractivity contribution is 5.95. The molecule has 14 nitrogen and oxygen atoms in total. The van der Waals surface area contributed by atoms with Crippen molar-refractivity contribution in [3.8, 4) is 0 Å². The molecule has 0 saturated carbocycles. The van der Waals surface area contributed by atoms with Crippen molar-refractivity contribution >= 4 is 35.6 Å². The molecule has 0 radical (unpaired) electrons. The number of rotatable bonds is 15. The van der Waals surface area contributed by atoms with E-state index in [-0.39, 0.29) is 32.2 Å². The predicted molar refractivity (Wildman–Crippen MR) is 118 cm³/mol. The van der Waals surface area contributed by atoms with Gasteiger partial charge in [0.2, 0.25) is 23.6 Å². The van der Waals surface area contributed by atoms with Gasteiger partial charge in [-0.1, -0.05) is 0 Å². The Morgan fingerprint density at radius 1 is 1.00 bits per heavy atom. The Morgan fingerprint density at radius 3 is 2.24 bits per heavy atom. The Hall–Kier alpha value is -3.26. The third kappa shape index (κ3) is 9.31. The Morgan fingerprint density at radius 2 is 1.68 bits per heavy atom. The first-order valence-corrected chi connectivity index (χ1v) is 11.1. The highest BCUT2D eigenvalue weighted by Gasteiger charge is 2.39. The van der Waals surface area contributed by atoms with E-state index in [1.165, 1.54) is 4.90 Å². The molecule has 192 valence electrons. The zero-order chi connectivity index (χ0) is 25.8. The summed E-state index contributed by atoms with van der Waals surface area (Å²) in [5.74, 6) is -5.40. The number of nitrogens with two attached hydrogens (primary N) is 3. The third-order valence-electron chi connectivity index (χ3n) is 5.43. The van der Waals surface area contributed by atoms with Crippen LogP contribution in [0.15, 0.2) is 0 Å². The summed E-state index contributed by atoms with van der Waals surface area (Å²) in [6.45, 7) is 0.574. The molecule has 0 aromatic rings. The Bertz CT molecular complexity index is 776. The molecule has 0 bridgehead atoms. The van der Waals surface area contributed by atoms with Gasteiger partial charge < -0.3 is 42.9 Å². The zero-order valence-electron chi connectivity index (χ0n) is 18.9. The molecule has 0 aromatic carbocycles. The molecule has 0 aromatic heterocycles. The van der Waals surface area contributed by atoms with Gasteiger partial charge in [-0.15, -0.1) is 0 Å². The van der Waals surface area contributed by atoms with E-state index in [0.717, 1.165) is 0 Å². The van der Waals surface area contributed by atoms with Crippen molar-refractivity contribution < 1.29 is 39.0 Å². The Balaban J connectivity index is 2.94.